The molecule has 3 aromatic rings. The normalized spacial score (nSPS) is 11.2. The highest BCUT2D eigenvalue weighted by molar-refractivity contribution is 6.32. The van der Waals surface area contributed by atoms with E-state index in [-0.39, 0.29) is 5.56 Å². The largest absolute Gasteiger partial charge is 0.281 e. The summed E-state index contributed by atoms with van der Waals surface area (Å²) in [7, 11) is 0. The lowest BCUT2D eigenvalue weighted by molar-refractivity contribution is 1.15. The van der Waals surface area contributed by atoms with E-state index >= 15 is 0 Å². The average Bonchev–Trinajstić information content (AvgIpc) is 2.76. The molecule has 1 aromatic carbocycles. The standard InChI is InChI=1S/C13H9ClN2O/c1-8-4-5-10-9(7-8)13(17)16-6-2-3-11(16)12(14)15-10/h2-7H,1H3. The second kappa shape index (κ2) is 3.57. The first-order valence-electron chi connectivity index (χ1n) is 5.24. The third kappa shape index (κ3) is 1.51. The van der Waals surface area contributed by atoms with Gasteiger partial charge in [0.25, 0.3) is 5.56 Å². The summed E-state index contributed by atoms with van der Waals surface area (Å²) in [6.07, 6.45) is 1.70. The van der Waals surface area contributed by atoms with Crippen molar-refractivity contribution in [3.8, 4) is 0 Å². The maximum absolute atomic E-state index is 12.3. The zero-order valence-electron chi connectivity index (χ0n) is 9.14. The van der Waals surface area contributed by atoms with Gasteiger partial charge >= 0.3 is 0 Å². The fourth-order valence-electron chi connectivity index (χ4n) is 1.94. The summed E-state index contributed by atoms with van der Waals surface area (Å²) < 4.78 is 1.52. The summed E-state index contributed by atoms with van der Waals surface area (Å²) in [4.78, 5) is 16.6. The molecule has 0 radical (unpaired) electrons. The van der Waals surface area contributed by atoms with Gasteiger partial charge in [-0.2, -0.15) is 0 Å². The van der Waals surface area contributed by atoms with Crippen LogP contribution in [0.1, 0.15) is 5.56 Å². The van der Waals surface area contributed by atoms with Gasteiger partial charge in [-0.05, 0) is 31.2 Å². The number of benzene rings is 1. The van der Waals surface area contributed by atoms with E-state index < -0.39 is 0 Å². The van der Waals surface area contributed by atoms with Crippen molar-refractivity contribution in [1.82, 2.24) is 9.38 Å². The predicted octanol–water partition coefficient (Wildman–Crippen LogP) is 2.81. The van der Waals surface area contributed by atoms with E-state index in [2.05, 4.69) is 4.98 Å². The molecule has 3 nitrogen and oxygen atoms in total. The number of halogens is 1. The fourth-order valence-corrected chi connectivity index (χ4v) is 2.18. The molecule has 84 valence electrons. The molecule has 0 N–H and O–H groups in total. The minimum absolute atomic E-state index is 0.0944. The molecular weight excluding hydrogens is 236 g/mol. The zero-order valence-corrected chi connectivity index (χ0v) is 9.90. The van der Waals surface area contributed by atoms with Gasteiger partial charge in [0.2, 0.25) is 0 Å². The van der Waals surface area contributed by atoms with E-state index in [4.69, 9.17) is 11.6 Å². The molecular formula is C13H9ClN2O. The van der Waals surface area contributed by atoms with Crippen LogP contribution < -0.4 is 5.56 Å². The maximum atomic E-state index is 12.3. The number of hydrogen-bond donors (Lipinski definition) is 0. The van der Waals surface area contributed by atoms with Gasteiger partial charge in [-0.3, -0.25) is 9.20 Å². The van der Waals surface area contributed by atoms with Gasteiger partial charge in [0.15, 0.2) is 5.15 Å². The van der Waals surface area contributed by atoms with Crippen LogP contribution in [0, 0.1) is 6.92 Å². The average molecular weight is 245 g/mol. The van der Waals surface area contributed by atoms with E-state index in [0.717, 1.165) is 5.56 Å². The van der Waals surface area contributed by atoms with Crippen molar-refractivity contribution < 1.29 is 0 Å². The molecule has 17 heavy (non-hydrogen) atoms. The van der Waals surface area contributed by atoms with Gasteiger partial charge in [0.05, 0.1) is 16.4 Å². The van der Waals surface area contributed by atoms with Crippen LogP contribution in [0.3, 0.4) is 0 Å². The first-order chi connectivity index (χ1) is 8.16. The Morgan fingerprint density at radius 2 is 2.12 bits per heavy atom. The van der Waals surface area contributed by atoms with Gasteiger partial charge < -0.3 is 0 Å². The highest BCUT2D eigenvalue weighted by Crippen LogP contribution is 2.17. The van der Waals surface area contributed by atoms with Gasteiger partial charge in [-0.1, -0.05) is 23.2 Å². The van der Waals surface area contributed by atoms with E-state index in [1.165, 1.54) is 4.40 Å². The van der Waals surface area contributed by atoms with Crippen molar-refractivity contribution in [1.29, 1.82) is 0 Å². The molecule has 0 fully saturated rings. The number of aromatic nitrogens is 2. The van der Waals surface area contributed by atoms with E-state index in [9.17, 15) is 4.79 Å². The first-order valence-corrected chi connectivity index (χ1v) is 5.62. The quantitative estimate of drug-likeness (QED) is 0.609. The molecule has 0 bridgehead atoms. The molecule has 0 saturated carbocycles. The summed E-state index contributed by atoms with van der Waals surface area (Å²) in [6.45, 7) is 1.94. The Bertz CT molecular complexity index is 792. The van der Waals surface area contributed by atoms with Crippen molar-refractivity contribution in [2.75, 3.05) is 0 Å². The second-order valence-electron chi connectivity index (χ2n) is 3.99. The molecule has 2 heterocycles. The van der Waals surface area contributed by atoms with Crippen LogP contribution in [0.2, 0.25) is 5.15 Å². The number of nitrogens with zero attached hydrogens (tertiary/aromatic N) is 2. The van der Waals surface area contributed by atoms with Gasteiger partial charge in [0, 0.05) is 6.20 Å². The molecule has 0 unspecified atom stereocenters. The van der Waals surface area contributed by atoms with Crippen LogP contribution in [0.5, 0.6) is 0 Å². The minimum Gasteiger partial charge on any atom is -0.281 e. The van der Waals surface area contributed by atoms with E-state index in [1.807, 2.05) is 25.1 Å². The zero-order chi connectivity index (χ0) is 12.0. The van der Waals surface area contributed by atoms with Crippen LogP contribution in [0.15, 0.2) is 41.3 Å². The third-order valence-corrected chi connectivity index (χ3v) is 3.06. The number of hydrogen-bond acceptors (Lipinski definition) is 2. The van der Waals surface area contributed by atoms with Gasteiger partial charge in [-0.25, -0.2) is 4.98 Å². The molecule has 3 rings (SSSR count). The smallest absolute Gasteiger partial charge is 0.264 e. The van der Waals surface area contributed by atoms with Gasteiger partial charge in [0.1, 0.15) is 0 Å². The fraction of sp³-hybridized carbons (Fsp3) is 0.0769. The first kappa shape index (κ1) is 10.3. The monoisotopic (exact) mass is 244 g/mol. The van der Waals surface area contributed by atoms with Crippen LogP contribution in [-0.4, -0.2) is 9.38 Å². The van der Waals surface area contributed by atoms with Crippen LogP contribution in [-0.2, 0) is 0 Å². The van der Waals surface area contributed by atoms with Crippen molar-refractivity contribution in [3.63, 3.8) is 0 Å². The summed E-state index contributed by atoms with van der Waals surface area (Å²) in [5.41, 5.74) is 2.18. The van der Waals surface area contributed by atoms with Crippen molar-refractivity contribution in [3.05, 3.63) is 57.6 Å². The number of fused-ring (bicyclic) bond motifs is 2. The Kier molecular flexibility index (Phi) is 2.16. The lowest BCUT2D eigenvalue weighted by atomic mass is 10.2. The Balaban J connectivity index is 2.70. The Labute approximate surface area is 102 Å². The molecule has 0 aliphatic heterocycles. The Hall–Kier alpha value is -1.87. The highest BCUT2D eigenvalue weighted by Gasteiger charge is 2.06. The maximum Gasteiger partial charge on any atom is 0.264 e. The van der Waals surface area contributed by atoms with Crippen LogP contribution in [0.25, 0.3) is 16.4 Å². The molecule has 2 aromatic heterocycles. The summed E-state index contributed by atoms with van der Waals surface area (Å²) in [5.74, 6) is 0. The predicted molar refractivity (Wildman–Crippen MR) is 68.7 cm³/mol. The van der Waals surface area contributed by atoms with E-state index in [0.29, 0.717) is 21.6 Å². The molecule has 0 saturated heterocycles. The molecule has 4 heteroatoms. The molecule has 0 atom stereocenters. The van der Waals surface area contributed by atoms with Crippen molar-refractivity contribution >= 4 is 28.0 Å². The number of aryl methyl sites for hydroxylation is 1. The Morgan fingerprint density at radius 1 is 1.29 bits per heavy atom. The molecule has 0 amide bonds. The molecule has 0 aliphatic rings. The summed E-state index contributed by atoms with van der Waals surface area (Å²) in [5, 5.41) is 0.920. The van der Waals surface area contributed by atoms with Gasteiger partial charge in [-0.15, -0.1) is 0 Å². The van der Waals surface area contributed by atoms with Crippen LogP contribution >= 0.6 is 11.6 Å². The third-order valence-electron chi connectivity index (χ3n) is 2.78. The molecule has 0 aliphatic carbocycles. The van der Waals surface area contributed by atoms with E-state index in [1.54, 1.807) is 18.3 Å². The number of rotatable bonds is 0. The van der Waals surface area contributed by atoms with Crippen LogP contribution in [0.4, 0.5) is 0 Å². The second-order valence-corrected chi connectivity index (χ2v) is 4.35. The Morgan fingerprint density at radius 3 is 2.94 bits per heavy atom. The van der Waals surface area contributed by atoms with Crippen molar-refractivity contribution in [2.24, 2.45) is 0 Å². The lowest BCUT2D eigenvalue weighted by Gasteiger charge is -1.92. The molecule has 0 spiro atoms. The minimum atomic E-state index is -0.0944. The van der Waals surface area contributed by atoms with Crippen molar-refractivity contribution in [2.45, 2.75) is 6.92 Å². The topological polar surface area (TPSA) is 34.4 Å². The highest BCUT2D eigenvalue weighted by atomic mass is 35.5. The lowest BCUT2D eigenvalue weighted by Crippen LogP contribution is -2.08. The SMILES string of the molecule is Cc1ccc2nc(Cl)c3cccn3c(=O)c2c1. The summed E-state index contributed by atoms with van der Waals surface area (Å²) >= 11 is 6.10. The summed E-state index contributed by atoms with van der Waals surface area (Å²) in [6, 6.07) is 9.13.